The highest BCUT2D eigenvalue weighted by Gasteiger charge is 2.48. The molecule has 2 aromatic carbocycles. The molecule has 42 heavy (non-hydrogen) atoms. The first-order valence-electron chi connectivity index (χ1n) is 12.6. The standard InChI is InChI=1S/C29H21Cl2N5O4S2/c1-14-4-3-11-35-15(2)22(32-26(14)35)24(38)21-23(16-6-9-19(37)10-7-16)36(27(40)25(21)39)28-33-34-29(42-28)41-13-17-5-8-18(30)12-20(17)31/h3-12,23,37-38H,13H2,1-2H3/b24-21+. The zero-order valence-electron chi connectivity index (χ0n) is 22.1. The van der Waals surface area contributed by atoms with Gasteiger partial charge in [0.05, 0.1) is 17.3 Å². The molecule has 6 rings (SSSR count). The van der Waals surface area contributed by atoms with Gasteiger partial charge in [0, 0.05) is 22.0 Å². The average molecular weight is 639 g/mol. The second kappa shape index (κ2) is 11.1. The number of rotatable bonds is 6. The molecule has 1 fully saturated rings. The third kappa shape index (κ3) is 4.92. The number of aromatic nitrogens is 4. The highest BCUT2D eigenvalue weighted by molar-refractivity contribution is 8.00. The molecule has 1 atom stereocenters. The molecule has 2 N–H and O–H groups in total. The summed E-state index contributed by atoms with van der Waals surface area (Å²) in [6.07, 6.45) is 1.81. The number of imidazole rings is 1. The Morgan fingerprint density at radius 3 is 2.55 bits per heavy atom. The molecule has 0 spiro atoms. The van der Waals surface area contributed by atoms with Crippen LogP contribution < -0.4 is 4.90 Å². The Morgan fingerprint density at radius 2 is 1.83 bits per heavy atom. The van der Waals surface area contributed by atoms with Crippen LogP contribution in [0.4, 0.5) is 5.13 Å². The van der Waals surface area contributed by atoms with Crippen LogP contribution in [0.2, 0.25) is 10.0 Å². The van der Waals surface area contributed by atoms with Gasteiger partial charge < -0.3 is 14.6 Å². The molecule has 1 unspecified atom stereocenters. The third-order valence-electron chi connectivity index (χ3n) is 6.93. The van der Waals surface area contributed by atoms with Crippen molar-refractivity contribution in [3.8, 4) is 5.75 Å². The van der Waals surface area contributed by atoms with Crippen LogP contribution in [0.15, 0.2) is 70.7 Å². The number of Topliss-reactive ketones (excluding diaryl/α,β-unsaturated/α-hetero) is 1. The van der Waals surface area contributed by atoms with Gasteiger partial charge >= 0.3 is 5.91 Å². The monoisotopic (exact) mass is 637 g/mol. The number of ketones is 1. The molecule has 5 aromatic rings. The Hall–Kier alpha value is -3.90. The minimum atomic E-state index is -1.03. The molecule has 0 saturated carbocycles. The van der Waals surface area contributed by atoms with Crippen molar-refractivity contribution < 1.29 is 19.8 Å². The number of aryl methyl sites for hydroxylation is 2. The Bertz CT molecular complexity index is 1920. The first-order chi connectivity index (χ1) is 20.1. The number of amides is 1. The van der Waals surface area contributed by atoms with Crippen molar-refractivity contribution in [1.82, 2.24) is 19.6 Å². The van der Waals surface area contributed by atoms with Gasteiger partial charge in [-0.2, -0.15) is 0 Å². The van der Waals surface area contributed by atoms with Gasteiger partial charge in [-0.15, -0.1) is 10.2 Å². The van der Waals surface area contributed by atoms with E-state index in [-0.39, 0.29) is 22.1 Å². The van der Waals surface area contributed by atoms with Crippen molar-refractivity contribution in [2.75, 3.05) is 4.90 Å². The number of carbonyl (C=O) groups is 2. The van der Waals surface area contributed by atoms with Crippen LogP contribution in [0, 0.1) is 13.8 Å². The first-order valence-corrected chi connectivity index (χ1v) is 15.1. The van der Waals surface area contributed by atoms with Gasteiger partial charge in [0.15, 0.2) is 10.1 Å². The summed E-state index contributed by atoms with van der Waals surface area (Å²) in [4.78, 5) is 32.9. The van der Waals surface area contributed by atoms with Crippen LogP contribution in [0.3, 0.4) is 0 Å². The number of phenols is 1. The highest BCUT2D eigenvalue weighted by atomic mass is 35.5. The number of aromatic hydroxyl groups is 1. The molecule has 13 heteroatoms. The van der Waals surface area contributed by atoms with Crippen molar-refractivity contribution in [3.05, 3.63) is 104 Å². The van der Waals surface area contributed by atoms with Gasteiger partial charge in [0.25, 0.3) is 5.78 Å². The maximum absolute atomic E-state index is 13.6. The van der Waals surface area contributed by atoms with E-state index < -0.39 is 23.5 Å². The number of phenolic OH excluding ortho intramolecular Hbond substituents is 1. The average Bonchev–Trinajstić information content (AvgIpc) is 3.64. The van der Waals surface area contributed by atoms with E-state index in [0.717, 1.165) is 22.5 Å². The van der Waals surface area contributed by atoms with Crippen molar-refractivity contribution in [1.29, 1.82) is 0 Å². The number of hydrogen-bond acceptors (Lipinski definition) is 9. The summed E-state index contributed by atoms with van der Waals surface area (Å²) < 4.78 is 2.37. The Morgan fingerprint density at radius 1 is 1.07 bits per heavy atom. The van der Waals surface area contributed by atoms with E-state index >= 15 is 0 Å². The molecule has 9 nitrogen and oxygen atoms in total. The third-order valence-corrected chi connectivity index (χ3v) is 9.62. The van der Waals surface area contributed by atoms with Crippen molar-refractivity contribution in [3.63, 3.8) is 0 Å². The zero-order chi connectivity index (χ0) is 29.7. The summed E-state index contributed by atoms with van der Waals surface area (Å²) >= 11 is 14.8. The van der Waals surface area contributed by atoms with E-state index in [4.69, 9.17) is 23.2 Å². The van der Waals surface area contributed by atoms with E-state index in [2.05, 4.69) is 15.2 Å². The summed E-state index contributed by atoms with van der Waals surface area (Å²) in [5, 5.41) is 31.2. The van der Waals surface area contributed by atoms with Crippen molar-refractivity contribution in [2.24, 2.45) is 0 Å². The summed E-state index contributed by atoms with van der Waals surface area (Å²) in [6.45, 7) is 3.67. The van der Waals surface area contributed by atoms with Crippen LogP contribution in [0.1, 0.15) is 34.1 Å². The first kappa shape index (κ1) is 28.2. The predicted molar refractivity (Wildman–Crippen MR) is 163 cm³/mol. The lowest BCUT2D eigenvalue weighted by Gasteiger charge is -2.22. The van der Waals surface area contributed by atoms with E-state index in [1.807, 2.05) is 35.7 Å². The largest absolute Gasteiger partial charge is 0.508 e. The van der Waals surface area contributed by atoms with E-state index in [0.29, 0.717) is 37.0 Å². The van der Waals surface area contributed by atoms with Crippen LogP contribution in [-0.2, 0) is 15.3 Å². The number of thioether (sulfide) groups is 1. The van der Waals surface area contributed by atoms with E-state index in [1.54, 1.807) is 31.2 Å². The summed E-state index contributed by atoms with van der Waals surface area (Å²) in [6, 6.07) is 14.0. The highest BCUT2D eigenvalue weighted by Crippen LogP contribution is 2.44. The molecular weight excluding hydrogens is 617 g/mol. The van der Waals surface area contributed by atoms with Crippen LogP contribution >= 0.6 is 46.3 Å². The SMILES string of the molecule is Cc1cccn2c(C)c(/C(O)=C3\C(=O)C(=O)N(c4nnc(SCc5ccc(Cl)cc5Cl)s4)C3c3ccc(O)cc3)nc12. The van der Waals surface area contributed by atoms with Gasteiger partial charge in [0.1, 0.15) is 17.1 Å². The normalized spacial score (nSPS) is 16.6. The van der Waals surface area contributed by atoms with E-state index in [9.17, 15) is 19.8 Å². The minimum Gasteiger partial charge on any atom is -0.508 e. The van der Waals surface area contributed by atoms with Crippen LogP contribution in [-0.4, -0.2) is 41.5 Å². The minimum absolute atomic E-state index is 0.0119. The van der Waals surface area contributed by atoms with Crippen molar-refractivity contribution in [2.45, 2.75) is 30.0 Å². The smallest absolute Gasteiger partial charge is 0.301 e. The number of benzene rings is 2. The fraction of sp³-hybridized carbons (Fsp3) is 0.138. The maximum atomic E-state index is 13.6. The number of anilines is 1. The Balaban J connectivity index is 1.42. The van der Waals surface area contributed by atoms with E-state index in [1.165, 1.54) is 28.8 Å². The lowest BCUT2D eigenvalue weighted by molar-refractivity contribution is -0.132. The lowest BCUT2D eigenvalue weighted by Crippen LogP contribution is -2.29. The molecule has 3 aromatic heterocycles. The lowest BCUT2D eigenvalue weighted by atomic mass is 9.96. The topological polar surface area (TPSA) is 121 Å². The number of aliphatic hydroxyl groups excluding tert-OH is 1. The summed E-state index contributed by atoms with van der Waals surface area (Å²) in [7, 11) is 0. The number of fused-ring (bicyclic) bond motifs is 1. The van der Waals surface area contributed by atoms with Crippen molar-refractivity contribution >= 4 is 74.5 Å². The maximum Gasteiger partial charge on any atom is 0.301 e. The Labute approximate surface area is 258 Å². The molecule has 0 bridgehead atoms. The van der Waals surface area contributed by atoms with Crippen LogP contribution in [0.25, 0.3) is 11.4 Å². The molecule has 0 aliphatic carbocycles. The van der Waals surface area contributed by atoms with Gasteiger partial charge in [-0.1, -0.05) is 70.6 Å². The molecule has 4 heterocycles. The molecule has 1 saturated heterocycles. The van der Waals surface area contributed by atoms with Gasteiger partial charge in [-0.05, 0) is 60.9 Å². The van der Waals surface area contributed by atoms with Gasteiger partial charge in [-0.25, -0.2) is 4.98 Å². The number of hydrogen-bond donors (Lipinski definition) is 2. The van der Waals surface area contributed by atoms with Crippen LogP contribution in [0.5, 0.6) is 5.75 Å². The second-order valence-electron chi connectivity index (χ2n) is 9.57. The summed E-state index contributed by atoms with van der Waals surface area (Å²) in [5.74, 6) is -1.64. The molecule has 0 radical (unpaired) electrons. The number of carbonyl (C=O) groups excluding carboxylic acids is 2. The fourth-order valence-electron chi connectivity index (χ4n) is 4.81. The van der Waals surface area contributed by atoms with Gasteiger partial charge in [0.2, 0.25) is 5.13 Å². The molecule has 1 aliphatic rings. The molecular formula is C29H21Cl2N5O4S2. The summed E-state index contributed by atoms with van der Waals surface area (Å²) in [5.41, 5.74) is 3.52. The number of pyridine rings is 1. The zero-order valence-corrected chi connectivity index (χ0v) is 25.2. The fourth-order valence-corrected chi connectivity index (χ4v) is 7.24. The molecule has 1 amide bonds. The quantitative estimate of drug-likeness (QED) is 0.0691. The predicted octanol–water partition coefficient (Wildman–Crippen LogP) is 6.73. The molecule has 212 valence electrons. The Kier molecular flexibility index (Phi) is 7.44. The van der Waals surface area contributed by atoms with Gasteiger partial charge in [-0.3, -0.25) is 14.5 Å². The molecule has 1 aliphatic heterocycles. The number of nitrogens with zero attached hydrogens (tertiary/aromatic N) is 5. The number of halogens is 2. The second-order valence-corrected chi connectivity index (χ2v) is 12.6. The number of aliphatic hydroxyl groups is 1.